The molecule has 3 nitrogen and oxygen atoms in total. The fourth-order valence-corrected chi connectivity index (χ4v) is 2.64. The number of carboxylic acids is 1. The number of rotatable bonds is 6. The van der Waals surface area contributed by atoms with Gasteiger partial charge in [0, 0.05) is 19.8 Å². The van der Waals surface area contributed by atoms with Crippen molar-refractivity contribution in [1.29, 1.82) is 0 Å². The maximum atomic E-state index is 11.7. The van der Waals surface area contributed by atoms with Gasteiger partial charge < -0.3 is 10.0 Å². The number of carbonyl (C=O) groups is 1. The van der Waals surface area contributed by atoms with Crippen molar-refractivity contribution in [3.05, 3.63) is 65.2 Å². The SMILES string of the molecule is CC(C)c1ccc(CC(C(=O)O)c2cccc(N(C)C)c2)cc1. The third-order valence-corrected chi connectivity index (χ3v) is 4.17. The van der Waals surface area contributed by atoms with Crippen molar-refractivity contribution in [3.63, 3.8) is 0 Å². The van der Waals surface area contributed by atoms with Crippen LogP contribution in [0.5, 0.6) is 0 Å². The van der Waals surface area contributed by atoms with E-state index >= 15 is 0 Å². The molecule has 0 heterocycles. The van der Waals surface area contributed by atoms with Crippen LogP contribution in [0.4, 0.5) is 5.69 Å². The van der Waals surface area contributed by atoms with Gasteiger partial charge in [-0.05, 0) is 41.2 Å². The van der Waals surface area contributed by atoms with E-state index in [-0.39, 0.29) is 0 Å². The van der Waals surface area contributed by atoms with Crippen molar-refractivity contribution in [2.45, 2.75) is 32.1 Å². The second kappa shape index (κ2) is 7.32. The molecule has 2 rings (SSSR count). The van der Waals surface area contributed by atoms with Crippen LogP contribution in [-0.4, -0.2) is 25.2 Å². The van der Waals surface area contributed by atoms with E-state index < -0.39 is 11.9 Å². The Hall–Kier alpha value is -2.29. The molecule has 0 bridgehead atoms. The summed E-state index contributed by atoms with van der Waals surface area (Å²) in [5, 5.41) is 9.65. The molecule has 0 amide bonds. The van der Waals surface area contributed by atoms with E-state index in [0.717, 1.165) is 16.8 Å². The molecule has 0 aliphatic rings. The first-order valence-electron chi connectivity index (χ1n) is 7.97. The van der Waals surface area contributed by atoms with Gasteiger partial charge in [0.15, 0.2) is 0 Å². The van der Waals surface area contributed by atoms with Gasteiger partial charge in [0.1, 0.15) is 0 Å². The smallest absolute Gasteiger partial charge is 0.311 e. The third kappa shape index (κ3) is 4.35. The Morgan fingerprint density at radius 2 is 1.70 bits per heavy atom. The molecule has 3 heteroatoms. The zero-order valence-electron chi connectivity index (χ0n) is 14.3. The van der Waals surface area contributed by atoms with Crippen LogP contribution in [0, 0.1) is 0 Å². The highest BCUT2D eigenvalue weighted by molar-refractivity contribution is 5.77. The Bertz CT molecular complexity index is 660. The maximum absolute atomic E-state index is 11.7. The zero-order chi connectivity index (χ0) is 17.0. The molecule has 1 unspecified atom stereocenters. The van der Waals surface area contributed by atoms with E-state index in [2.05, 4.69) is 26.0 Å². The molecule has 0 radical (unpaired) electrons. The summed E-state index contributed by atoms with van der Waals surface area (Å²) >= 11 is 0. The molecule has 0 aromatic heterocycles. The number of aliphatic carboxylic acids is 1. The van der Waals surface area contributed by atoms with Crippen LogP contribution in [0.25, 0.3) is 0 Å². The van der Waals surface area contributed by atoms with Gasteiger partial charge in [0.2, 0.25) is 0 Å². The lowest BCUT2D eigenvalue weighted by Crippen LogP contribution is -2.16. The number of carboxylic acid groups (broad SMARTS) is 1. The molecule has 0 saturated carbocycles. The Labute approximate surface area is 138 Å². The van der Waals surface area contributed by atoms with E-state index in [1.54, 1.807) is 0 Å². The van der Waals surface area contributed by atoms with Crippen LogP contribution in [-0.2, 0) is 11.2 Å². The minimum absolute atomic E-state index is 0.482. The van der Waals surface area contributed by atoms with Crippen molar-refractivity contribution in [1.82, 2.24) is 0 Å². The first kappa shape index (κ1) is 17.1. The fourth-order valence-electron chi connectivity index (χ4n) is 2.64. The highest BCUT2D eigenvalue weighted by Gasteiger charge is 2.21. The molecule has 1 atom stereocenters. The van der Waals surface area contributed by atoms with Gasteiger partial charge in [-0.25, -0.2) is 0 Å². The largest absolute Gasteiger partial charge is 0.481 e. The van der Waals surface area contributed by atoms with Gasteiger partial charge in [-0.15, -0.1) is 0 Å². The van der Waals surface area contributed by atoms with Gasteiger partial charge >= 0.3 is 5.97 Å². The van der Waals surface area contributed by atoms with Gasteiger partial charge in [-0.2, -0.15) is 0 Å². The topological polar surface area (TPSA) is 40.5 Å². The molecular formula is C20H25NO2. The second-order valence-corrected chi connectivity index (χ2v) is 6.48. The van der Waals surface area contributed by atoms with Crippen molar-refractivity contribution >= 4 is 11.7 Å². The molecule has 122 valence electrons. The molecule has 2 aromatic carbocycles. The molecule has 0 aliphatic heterocycles. The molecule has 1 N–H and O–H groups in total. The first-order valence-corrected chi connectivity index (χ1v) is 7.97. The van der Waals surface area contributed by atoms with E-state index in [1.807, 2.05) is 55.4 Å². The normalized spacial score (nSPS) is 12.2. The Morgan fingerprint density at radius 1 is 1.04 bits per heavy atom. The Balaban J connectivity index is 2.25. The summed E-state index contributed by atoms with van der Waals surface area (Å²) < 4.78 is 0. The van der Waals surface area contributed by atoms with Crippen LogP contribution in [0.3, 0.4) is 0 Å². The molecule has 2 aromatic rings. The molecule has 23 heavy (non-hydrogen) atoms. The number of hydrogen-bond donors (Lipinski definition) is 1. The van der Waals surface area contributed by atoms with Crippen molar-refractivity contribution < 1.29 is 9.90 Å². The predicted octanol–water partition coefficient (Wildman–Crippen LogP) is 4.29. The van der Waals surface area contributed by atoms with Crippen molar-refractivity contribution in [3.8, 4) is 0 Å². The van der Waals surface area contributed by atoms with Crippen LogP contribution in [0.15, 0.2) is 48.5 Å². The average Bonchev–Trinajstić information content (AvgIpc) is 2.52. The van der Waals surface area contributed by atoms with Crippen LogP contribution < -0.4 is 4.90 Å². The minimum Gasteiger partial charge on any atom is -0.481 e. The van der Waals surface area contributed by atoms with Gasteiger partial charge in [0.25, 0.3) is 0 Å². The molecule has 0 aliphatic carbocycles. The zero-order valence-corrected chi connectivity index (χ0v) is 14.3. The van der Waals surface area contributed by atoms with Gasteiger partial charge in [0.05, 0.1) is 5.92 Å². The van der Waals surface area contributed by atoms with Crippen molar-refractivity contribution in [2.24, 2.45) is 0 Å². The first-order chi connectivity index (χ1) is 10.9. The summed E-state index contributed by atoms with van der Waals surface area (Å²) in [7, 11) is 3.92. The number of benzene rings is 2. The molecule has 0 saturated heterocycles. The van der Waals surface area contributed by atoms with E-state index in [0.29, 0.717) is 12.3 Å². The average molecular weight is 311 g/mol. The molecule has 0 spiro atoms. The molecule has 0 fully saturated rings. The summed E-state index contributed by atoms with van der Waals surface area (Å²) in [6.07, 6.45) is 0.505. The number of hydrogen-bond acceptors (Lipinski definition) is 2. The predicted molar refractivity (Wildman–Crippen MR) is 95.4 cm³/mol. The quantitative estimate of drug-likeness (QED) is 0.865. The van der Waals surface area contributed by atoms with Gasteiger partial charge in [-0.3, -0.25) is 4.79 Å². The summed E-state index contributed by atoms with van der Waals surface area (Å²) in [5.41, 5.74) is 4.19. The Morgan fingerprint density at radius 3 is 2.22 bits per heavy atom. The lowest BCUT2D eigenvalue weighted by molar-refractivity contribution is -0.138. The monoisotopic (exact) mass is 311 g/mol. The summed E-state index contributed by atoms with van der Waals surface area (Å²) in [6.45, 7) is 4.31. The Kier molecular flexibility index (Phi) is 5.43. The summed E-state index contributed by atoms with van der Waals surface area (Å²) in [5.74, 6) is -0.829. The van der Waals surface area contributed by atoms with E-state index in [4.69, 9.17) is 0 Å². The summed E-state index contributed by atoms with van der Waals surface area (Å²) in [6, 6.07) is 16.0. The van der Waals surface area contributed by atoms with Crippen LogP contribution >= 0.6 is 0 Å². The van der Waals surface area contributed by atoms with Crippen LogP contribution in [0.1, 0.15) is 42.4 Å². The number of anilines is 1. The number of nitrogens with zero attached hydrogens (tertiary/aromatic N) is 1. The minimum atomic E-state index is -0.783. The lowest BCUT2D eigenvalue weighted by atomic mass is 9.90. The van der Waals surface area contributed by atoms with Gasteiger partial charge in [-0.1, -0.05) is 50.2 Å². The lowest BCUT2D eigenvalue weighted by Gasteiger charge is -2.18. The van der Waals surface area contributed by atoms with E-state index in [9.17, 15) is 9.90 Å². The molecular weight excluding hydrogens is 286 g/mol. The summed E-state index contributed by atoms with van der Waals surface area (Å²) in [4.78, 5) is 13.7. The third-order valence-electron chi connectivity index (χ3n) is 4.17. The second-order valence-electron chi connectivity index (χ2n) is 6.48. The standard InChI is InChI=1S/C20H25NO2/c1-14(2)16-10-8-15(9-11-16)12-19(20(22)23)17-6-5-7-18(13-17)21(3)4/h5-11,13-14,19H,12H2,1-4H3,(H,22,23). The van der Waals surface area contributed by atoms with E-state index in [1.165, 1.54) is 5.56 Å². The maximum Gasteiger partial charge on any atom is 0.311 e. The highest BCUT2D eigenvalue weighted by Crippen LogP contribution is 2.26. The fraction of sp³-hybridized carbons (Fsp3) is 0.350. The van der Waals surface area contributed by atoms with Crippen molar-refractivity contribution in [2.75, 3.05) is 19.0 Å². The van der Waals surface area contributed by atoms with Crippen LogP contribution in [0.2, 0.25) is 0 Å². The highest BCUT2D eigenvalue weighted by atomic mass is 16.4.